The van der Waals surface area contributed by atoms with Gasteiger partial charge in [-0.25, -0.2) is 4.98 Å². The highest BCUT2D eigenvalue weighted by Crippen LogP contribution is 2.24. The summed E-state index contributed by atoms with van der Waals surface area (Å²) >= 11 is 1.78. The smallest absolute Gasteiger partial charge is 0.0950 e. The normalized spacial score (nSPS) is 12.8. The van der Waals surface area contributed by atoms with Crippen molar-refractivity contribution in [1.29, 1.82) is 0 Å². The topological polar surface area (TPSA) is 29.9 Å². The van der Waals surface area contributed by atoms with Gasteiger partial charge in [0.2, 0.25) is 0 Å². The van der Waals surface area contributed by atoms with Crippen molar-refractivity contribution in [2.24, 2.45) is 0 Å². The highest BCUT2D eigenvalue weighted by molar-refractivity contribution is 7.10. The third kappa shape index (κ3) is 2.96. The van der Waals surface area contributed by atoms with E-state index in [4.69, 9.17) is 0 Å². The second-order valence-corrected chi connectivity index (χ2v) is 5.01. The second kappa shape index (κ2) is 5.98. The van der Waals surface area contributed by atoms with Crippen LogP contribution in [-0.4, -0.2) is 16.1 Å². The molecular weight excluding hydrogens is 230 g/mol. The minimum absolute atomic E-state index is 0.239. The van der Waals surface area contributed by atoms with Crippen molar-refractivity contribution in [2.75, 3.05) is 6.54 Å². The van der Waals surface area contributed by atoms with Crippen molar-refractivity contribution in [1.82, 2.24) is 14.9 Å². The molecule has 0 bridgehead atoms. The minimum Gasteiger partial charge on any atom is -0.337 e. The van der Waals surface area contributed by atoms with E-state index >= 15 is 0 Å². The molecule has 1 atom stereocenters. The number of hydrogen-bond donors (Lipinski definition) is 1. The van der Waals surface area contributed by atoms with Gasteiger partial charge in [0.05, 0.1) is 18.1 Å². The summed E-state index contributed by atoms with van der Waals surface area (Å²) in [6, 6.07) is 4.50. The van der Waals surface area contributed by atoms with E-state index in [1.165, 1.54) is 4.88 Å². The van der Waals surface area contributed by atoms with Crippen LogP contribution in [0.1, 0.15) is 36.9 Å². The summed E-state index contributed by atoms with van der Waals surface area (Å²) in [5.41, 5.74) is 1.11. The fourth-order valence-electron chi connectivity index (χ4n) is 1.79. The molecule has 92 valence electrons. The molecule has 2 rings (SSSR count). The van der Waals surface area contributed by atoms with Crippen LogP contribution in [0.4, 0.5) is 0 Å². The number of imidazole rings is 1. The van der Waals surface area contributed by atoms with Crippen molar-refractivity contribution in [2.45, 2.75) is 32.9 Å². The van der Waals surface area contributed by atoms with E-state index in [0.717, 1.165) is 25.2 Å². The second-order valence-electron chi connectivity index (χ2n) is 4.03. The van der Waals surface area contributed by atoms with Crippen LogP contribution >= 0.6 is 11.3 Å². The van der Waals surface area contributed by atoms with E-state index in [0.29, 0.717) is 0 Å². The van der Waals surface area contributed by atoms with Crippen molar-refractivity contribution >= 4 is 11.3 Å². The molecule has 0 aromatic carbocycles. The summed E-state index contributed by atoms with van der Waals surface area (Å²) in [5.74, 6) is 0. The van der Waals surface area contributed by atoms with E-state index in [1.54, 1.807) is 11.3 Å². The average Bonchev–Trinajstić information content (AvgIpc) is 3.00. The highest BCUT2D eigenvalue weighted by Gasteiger charge is 2.16. The Morgan fingerprint density at radius 1 is 1.47 bits per heavy atom. The zero-order valence-corrected chi connectivity index (χ0v) is 11.2. The Balaban J connectivity index is 2.20. The van der Waals surface area contributed by atoms with Crippen LogP contribution < -0.4 is 5.32 Å². The fraction of sp³-hybridized carbons (Fsp3) is 0.462. The van der Waals surface area contributed by atoms with Gasteiger partial charge >= 0.3 is 0 Å². The number of rotatable bonds is 6. The van der Waals surface area contributed by atoms with E-state index < -0.39 is 0 Å². The van der Waals surface area contributed by atoms with Crippen molar-refractivity contribution < 1.29 is 0 Å². The van der Waals surface area contributed by atoms with Crippen molar-refractivity contribution in [3.63, 3.8) is 0 Å². The largest absolute Gasteiger partial charge is 0.337 e. The first-order chi connectivity index (χ1) is 8.35. The molecule has 0 fully saturated rings. The van der Waals surface area contributed by atoms with Gasteiger partial charge in [0.1, 0.15) is 0 Å². The van der Waals surface area contributed by atoms with E-state index in [2.05, 4.69) is 52.4 Å². The van der Waals surface area contributed by atoms with Gasteiger partial charge in [0.15, 0.2) is 0 Å². The first-order valence-electron chi connectivity index (χ1n) is 6.13. The number of nitrogens with zero attached hydrogens (tertiary/aromatic N) is 2. The van der Waals surface area contributed by atoms with Crippen molar-refractivity contribution in [3.8, 4) is 0 Å². The lowest BCUT2D eigenvalue weighted by Gasteiger charge is -2.14. The van der Waals surface area contributed by atoms with Gasteiger partial charge < -0.3 is 9.88 Å². The van der Waals surface area contributed by atoms with E-state index in [-0.39, 0.29) is 6.04 Å². The first-order valence-corrected chi connectivity index (χ1v) is 7.01. The Labute approximate surface area is 107 Å². The van der Waals surface area contributed by atoms with Gasteiger partial charge in [0, 0.05) is 17.6 Å². The Hall–Kier alpha value is -1.13. The lowest BCUT2D eigenvalue weighted by Crippen LogP contribution is -2.22. The maximum Gasteiger partial charge on any atom is 0.0950 e. The van der Waals surface area contributed by atoms with E-state index in [9.17, 15) is 0 Å². The molecule has 1 unspecified atom stereocenters. The Bertz CT molecular complexity index is 433. The molecule has 2 aromatic heterocycles. The van der Waals surface area contributed by atoms with Crippen LogP contribution in [0.15, 0.2) is 30.0 Å². The number of aromatic nitrogens is 2. The maximum absolute atomic E-state index is 4.50. The van der Waals surface area contributed by atoms with Gasteiger partial charge in [-0.15, -0.1) is 11.3 Å². The summed E-state index contributed by atoms with van der Waals surface area (Å²) in [6.07, 6.45) is 5.17. The Morgan fingerprint density at radius 2 is 2.35 bits per heavy atom. The monoisotopic (exact) mass is 249 g/mol. The molecule has 0 spiro atoms. The predicted molar refractivity (Wildman–Crippen MR) is 72.4 cm³/mol. The molecule has 0 radical (unpaired) electrons. The average molecular weight is 249 g/mol. The number of nitrogens with one attached hydrogen (secondary N) is 1. The van der Waals surface area contributed by atoms with Gasteiger partial charge in [-0.3, -0.25) is 0 Å². The molecule has 3 nitrogen and oxygen atoms in total. The minimum atomic E-state index is 0.239. The summed E-state index contributed by atoms with van der Waals surface area (Å²) < 4.78 is 2.11. The zero-order valence-electron chi connectivity index (χ0n) is 10.4. The SMILES string of the molecule is CCCNC(c1cn(CC)cn1)c1cccs1. The summed E-state index contributed by atoms with van der Waals surface area (Å²) in [5, 5.41) is 5.68. The van der Waals surface area contributed by atoms with Gasteiger partial charge in [-0.05, 0) is 31.3 Å². The van der Waals surface area contributed by atoms with Crippen LogP contribution in [0.3, 0.4) is 0 Å². The van der Waals surface area contributed by atoms with Crippen LogP contribution in [-0.2, 0) is 6.54 Å². The van der Waals surface area contributed by atoms with Crippen LogP contribution in [0.25, 0.3) is 0 Å². The predicted octanol–water partition coefficient (Wildman–Crippen LogP) is 3.05. The summed E-state index contributed by atoms with van der Waals surface area (Å²) in [6.45, 7) is 6.30. The molecule has 0 aliphatic heterocycles. The lowest BCUT2D eigenvalue weighted by molar-refractivity contribution is 0.595. The third-order valence-electron chi connectivity index (χ3n) is 2.74. The standard InChI is InChI=1S/C13H19N3S/c1-3-7-14-13(12-6-5-8-17-12)11-9-16(4-2)10-15-11/h5-6,8-10,13-14H,3-4,7H2,1-2H3. The molecule has 2 aromatic rings. The molecular formula is C13H19N3S. The summed E-state index contributed by atoms with van der Waals surface area (Å²) in [7, 11) is 0. The van der Waals surface area contributed by atoms with Gasteiger partial charge in [-0.2, -0.15) is 0 Å². The third-order valence-corrected chi connectivity index (χ3v) is 3.68. The molecule has 0 saturated carbocycles. The van der Waals surface area contributed by atoms with Crippen LogP contribution in [0.2, 0.25) is 0 Å². The summed E-state index contributed by atoms with van der Waals surface area (Å²) in [4.78, 5) is 5.84. The molecule has 0 amide bonds. The molecule has 17 heavy (non-hydrogen) atoms. The fourth-order valence-corrected chi connectivity index (χ4v) is 2.61. The van der Waals surface area contributed by atoms with Crippen LogP contribution in [0, 0.1) is 0 Å². The maximum atomic E-state index is 4.50. The zero-order chi connectivity index (χ0) is 12.1. The number of thiophene rings is 1. The van der Waals surface area contributed by atoms with E-state index in [1.807, 2.05) is 6.33 Å². The molecule has 2 heterocycles. The quantitative estimate of drug-likeness (QED) is 0.852. The number of hydrogen-bond acceptors (Lipinski definition) is 3. The van der Waals surface area contributed by atoms with Crippen LogP contribution in [0.5, 0.6) is 0 Å². The van der Waals surface area contributed by atoms with Gasteiger partial charge in [0.25, 0.3) is 0 Å². The van der Waals surface area contributed by atoms with Crippen molar-refractivity contribution in [3.05, 3.63) is 40.6 Å². The molecule has 4 heteroatoms. The first kappa shape index (κ1) is 12.3. The Morgan fingerprint density at radius 3 is 2.94 bits per heavy atom. The lowest BCUT2D eigenvalue weighted by atomic mass is 10.2. The number of aryl methyl sites for hydroxylation is 1. The Kier molecular flexibility index (Phi) is 4.34. The van der Waals surface area contributed by atoms with Gasteiger partial charge in [-0.1, -0.05) is 13.0 Å². The highest BCUT2D eigenvalue weighted by atomic mass is 32.1. The molecule has 0 aliphatic rings. The molecule has 1 N–H and O–H groups in total. The molecule has 0 saturated heterocycles. The molecule has 0 aliphatic carbocycles.